The number of aromatic nitrogens is 1. The average Bonchev–Trinajstić information content (AvgIpc) is 2.45. The number of nitrogens with zero attached hydrogens (tertiary/aromatic N) is 3. The summed E-state index contributed by atoms with van der Waals surface area (Å²) in [4.78, 5) is 20.6. The van der Waals surface area contributed by atoms with Gasteiger partial charge in [0.2, 0.25) is 5.91 Å². The third kappa shape index (κ3) is 5.44. The molecule has 1 saturated heterocycles. The van der Waals surface area contributed by atoms with Gasteiger partial charge in [0.15, 0.2) is 0 Å². The molecular formula is C16H25N3O2. The number of amides is 1. The van der Waals surface area contributed by atoms with Gasteiger partial charge >= 0.3 is 0 Å². The van der Waals surface area contributed by atoms with Crippen molar-refractivity contribution >= 4 is 5.91 Å². The molecule has 0 aliphatic carbocycles. The normalized spacial score (nSPS) is 17.0. The van der Waals surface area contributed by atoms with Gasteiger partial charge in [0.05, 0.1) is 5.60 Å². The van der Waals surface area contributed by atoms with E-state index >= 15 is 0 Å². The van der Waals surface area contributed by atoms with Crippen LogP contribution in [0.25, 0.3) is 0 Å². The SMILES string of the molecule is CC(C)(O)CN1CCN(C(=O)CCc2ccccn2)CC1. The Morgan fingerprint density at radius 1 is 1.29 bits per heavy atom. The number of rotatable bonds is 5. The van der Waals surface area contributed by atoms with Crippen molar-refractivity contribution in [2.24, 2.45) is 0 Å². The molecule has 1 aromatic rings. The number of β-amino-alcohol motifs (C(OH)–C–C–N with tert-alkyl or cyclic N) is 1. The first-order valence-electron chi connectivity index (χ1n) is 7.56. The number of aliphatic hydroxyl groups is 1. The minimum absolute atomic E-state index is 0.198. The monoisotopic (exact) mass is 291 g/mol. The molecule has 0 bridgehead atoms. The van der Waals surface area contributed by atoms with Crippen molar-refractivity contribution in [1.82, 2.24) is 14.8 Å². The predicted molar refractivity (Wildman–Crippen MR) is 81.9 cm³/mol. The number of pyridine rings is 1. The topological polar surface area (TPSA) is 56.7 Å². The molecule has 1 aliphatic heterocycles. The van der Waals surface area contributed by atoms with Gasteiger partial charge in [-0.2, -0.15) is 0 Å². The Bertz CT molecular complexity index is 448. The molecule has 0 unspecified atom stereocenters. The number of aryl methyl sites for hydroxylation is 1. The highest BCUT2D eigenvalue weighted by molar-refractivity contribution is 5.76. The van der Waals surface area contributed by atoms with Crippen molar-refractivity contribution in [3.8, 4) is 0 Å². The van der Waals surface area contributed by atoms with Gasteiger partial charge in [-0.15, -0.1) is 0 Å². The van der Waals surface area contributed by atoms with Crippen LogP contribution in [0.3, 0.4) is 0 Å². The Labute approximate surface area is 126 Å². The zero-order chi connectivity index (χ0) is 15.3. The van der Waals surface area contributed by atoms with Gasteiger partial charge in [0.1, 0.15) is 0 Å². The Kier molecular flexibility index (Phi) is 5.31. The maximum absolute atomic E-state index is 12.2. The highest BCUT2D eigenvalue weighted by Gasteiger charge is 2.24. The Balaban J connectivity index is 1.73. The van der Waals surface area contributed by atoms with Crippen LogP contribution < -0.4 is 0 Å². The third-order valence-electron chi connectivity index (χ3n) is 3.66. The Morgan fingerprint density at radius 3 is 2.57 bits per heavy atom. The summed E-state index contributed by atoms with van der Waals surface area (Å²) in [6.07, 6.45) is 2.97. The quantitative estimate of drug-likeness (QED) is 0.877. The first kappa shape index (κ1) is 15.9. The van der Waals surface area contributed by atoms with Crippen LogP contribution in [-0.4, -0.2) is 64.1 Å². The Morgan fingerprint density at radius 2 is 2.00 bits per heavy atom. The van der Waals surface area contributed by atoms with Crippen LogP contribution in [0, 0.1) is 0 Å². The van der Waals surface area contributed by atoms with E-state index in [0.717, 1.165) is 31.9 Å². The van der Waals surface area contributed by atoms with Crippen molar-refractivity contribution in [2.45, 2.75) is 32.3 Å². The van der Waals surface area contributed by atoms with Crippen LogP contribution in [0.1, 0.15) is 26.0 Å². The van der Waals surface area contributed by atoms with Crippen molar-refractivity contribution in [2.75, 3.05) is 32.7 Å². The molecule has 5 nitrogen and oxygen atoms in total. The molecule has 116 valence electrons. The predicted octanol–water partition coefficient (Wildman–Crippen LogP) is 0.929. The second-order valence-corrected chi connectivity index (χ2v) is 6.29. The fourth-order valence-electron chi connectivity index (χ4n) is 2.64. The Hall–Kier alpha value is -1.46. The zero-order valence-electron chi connectivity index (χ0n) is 13.0. The number of carbonyl (C=O) groups excluding carboxylic acids is 1. The van der Waals surface area contributed by atoms with Crippen molar-refractivity contribution in [3.05, 3.63) is 30.1 Å². The molecule has 1 aromatic heterocycles. The van der Waals surface area contributed by atoms with Gasteiger partial charge in [-0.3, -0.25) is 14.7 Å². The lowest BCUT2D eigenvalue weighted by molar-refractivity contribution is -0.133. The van der Waals surface area contributed by atoms with Crippen molar-refractivity contribution < 1.29 is 9.90 Å². The molecule has 1 fully saturated rings. The molecule has 2 heterocycles. The fourth-order valence-corrected chi connectivity index (χ4v) is 2.64. The molecule has 1 amide bonds. The van der Waals surface area contributed by atoms with E-state index < -0.39 is 5.60 Å². The van der Waals surface area contributed by atoms with Gasteiger partial charge < -0.3 is 10.0 Å². The number of carbonyl (C=O) groups is 1. The zero-order valence-corrected chi connectivity index (χ0v) is 13.0. The largest absolute Gasteiger partial charge is 0.389 e. The van der Waals surface area contributed by atoms with E-state index in [2.05, 4.69) is 9.88 Å². The third-order valence-corrected chi connectivity index (χ3v) is 3.66. The molecule has 1 N–H and O–H groups in total. The van der Waals surface area contributed by atoms with Crippen molar-refractivity contribution in [3.63, 3.8) is 0 Å². The van der Waals surface area contributed by atoms with Crippen LogP contribution in [0.5, 0.6) is 0 Å². The van der Waals surface area contributed by atoms with E-state index in [9.17, 15) is 9.90 Å². The minimum atomic E-state index is -0.675. The summed E-state index contributed by atoms with van der Waals surface area (Å²) in [5.41, 5.74) is 0.289. The van der Waals surface area contributed by atoms with Crippen LogP contribution >= 0.6 is 0 Å². The van der Waals surface area contributed by atoms with E-state index in [1.165, 1.54) is 0 Å². The summed E-state index contributed by atoms with van der Waals surface area (Å²) in [5.74, 6) is 0.198. The van der Waals surface area contributed by atoms with Gasteiger partial charge in [0, 0.05) is 51.0 Å². The molecule has 5 heteroatoms. The molecule has 0 spiro atoms. The van der Waals surface area contributed by atoms with E-state index in [-0.39, 0.29) is 5.91 Å². The van der Waals surface area contributed by atoms with Gasteiger partial charge in [-0.05, 0) is 32.4 Å². The molecule has 0 atom stereocenters. The van der Waals surface area contributed by atoms with E-state index in [4.69, 9.17) is 0 Å². The summed E-state index contributed by atoms with van der Waals surface area (Å²) in [7, 11) is 0. The first-order chi connectivity index (χ1) is 9.94. The summed E-state index contributed by atoms with van der Waals surface area (Å²) in [5, 5.41) is 9.83. The molecule has 2 rings (SSSR count). The summed E-state index contributed by atoms with van der Waals surface area (Å²) < 4.78 is 0. The smallest absolute Gasteiger partial charge is 0.223 e. The van der Waals surface area contributed by atoms with Crippen molar-refractivity contribution in [1.29, 1.82) is 0 Å². The fraction of sp³-hybridized carbons (Fsp3) is 0.625. The maximum atomic E-state index is 12.2. The highest BCUT2D eigenvalue weighted by Crippen LogP contribution is 2.10. The average molecular weight is 291 g/mol. The number of hydrogen-bond acceptors (Lipinski definition) is 4. The summed E-state index contributed by atoms with van der Waals surface area (Å²) >= 11 is 0. The van der Waals surface area contributed by atoms with E-state index in [0.29, 0.717) is 19.4 Å². The van der Waals surface area contributed by atoms with Crippen LogP contribution in [0.2, 0.25) is 0 Å². The second-order valence-electron chi connectivity index (χ2n) is 6.29. The second kappa shape index (κ2) is 7.00. The molecule has 1 aliphatic rings. The number of piperazine rings is 1. The van der Waals surface area contributed by atoms with Crippen LogP contribution in [-0.2, 0) is 11.2 Å². The van der Waals surface area contributed by atoms with E-state index in [1.54, 1.807) is 6.20 Å². The molecule has 0 saturated carbocycles. The summed E-state index contributed by atoms with van der Waals surface area (Å²) in [6.45, 7) is 7.45. The lowest BCUT2D eigenvalue weighted by atomic mass is 10.1. The van der Waals surface area contributed by atoms with E-state index in [1.807, 2.05) is 36.9 Å². The number of hydrogen-bond donors (Lipinski definition) is 1. The first-order valence-corrected chi connectivity index (χ1v) is 7.56. The lowest BCUT2D eigenvalue weighted by Gasteiger charge is -2.37. The molecule has 21 heavy (non-hydrogen) atoms. The van der Waals surface area contributed by atoms with Gasteiger partial charge in [0.25, 0.3) is 0 Å². The molecular weight excluding hydrogens is 266 g/mol. The molecule has 0 radical (unpaired) electrons. The maximum Gasteiger partial charge on any atom is 0.223 e. The minimum Gasteiger partial charge on any atom is -0.389 e. The highest BCUT2D eigenvalue weighted by atomic mass is 16.3. The summed E-state index contributed by atoms with van der Waals surface area (Å²) in [6, 6.07) is 5.78. The van der Waals surface area contributed by atoms with Crippen LogP contribution in [0.4, 0.5) is 0 Å². The van der Waals surface area contributed by atoms with Gasteiger partial charge in [-0.25, -0.2) is 0 Å². The molecule has 0 aromatic carbocycles. The van der Waals surface area contributed by atoms with Crippen LogP contribution in [0.15, 0.2) is 24.4 Å². The van der Waals surface area contributed by atoms with Gasteiger partial charge in [-0.1, -0.05) is 6.07 Å². The standard InChI is InChI=1S/C16H25N3O2/c1-16(2,21)13-18-9-11-19(12-10-18)15(20)7-6-14-5-3-4-8-17-14/h3-5,8,21H,6-7,9-13H2,1-2H3. The lowest BCUT2D eigenvalue weighted by Crippen LogP contribution is -2.52.